The number of fused-ring (bicyclic) bond motifs is 2. The van der Waals surface area contributed by atoms with Gasteiger partial charge in [-0.3, -0.25) is 4.79 Å². The molecule has 1 amide bonds. The highest BCUT2D eigenvalue weighted by atomic mass is 16.4. The summed E-state index contributed by atoms with van der Waals surface area (Å²) in [5, 5.41) is 14.7. The van der Waals surface area contributed by atoms with E-state index in [1.165, 1.54) is 11.1 Å². The van der Waals surface area contributed by atoms with E-state index in [2.05, 4.69) is 71.5 Å². The van der Waals surface area contributed by atoms with Gasteiger partial charge >= 0.3 is 0 Å². The summed E-state index contributed by atoms with van der Waals surface area (Å²) in [4.78, 5) is 22.0. The normalized spacial score (nSPS) is 17.0. The quantitative estimate of drug-likeness (QED) is 0.279. The fourth-order valence-corrected chi connectivity index (χ4v) is 4.80. The summed E-state index contributed by atoms with van der Waals surface area (Å²) in [6.07, 6.45) is 6.52. The monoisotopic (exact) mass is 481 g/mol. The molecule has 0 bridgehead atoms. The highest BCUT2D eigenvalue weighted by Crippen LogP contribution is 2.49. The van der Waals surface area contributed by atoms with Crippen molar-refractivity contribution in [2.24, 2.45) is 0 Å². The summed E-state index contributed by atoms with van der Waals surface area (Å²) in [6, 6.07) is 14.3. The first kappa shape index (κ1) is 20.8. The zero-order chi connectivity index (χ0) is 24.1. The minimum atomic E-state index is -0.811. The molecule has 3 heterocycles. The maximum Gasteiger partial charge on any atom is 0.250 e. The number of nitrogens with one attached hydrogen (secondary N) is 5. The van der Waals surface area contributed by atoms with Crippen LogP contribution in [0.3, 0.4) is 0 Å². The van der Waals surface area contributed by atoms with Gasteiger partial charge in [0.15, 0.2) is 0 Å². The molecule has 11 nitrogen and oxygen atoms in total. The fourth-order valence-electron chi connectivity index (χ4n) is 4.80. The molecular weight excluding hydrogens is 458 g/mol. The third-order valence-corrected chi connectivity index (χ3v) is 6.97. The van der Waals surface area contributed by atoms with Crippen LogP contribution in [0, 0.1) is 0 Å². The second-order valence-electron chi connectivity index (χ2n) is 9.40. The fraction of sp³-hybridized carbons (Fsp3) is 0.240. The van der Waals surface area contributed by atoms with Gasteiger partial charge in [0.05, 0.1) is 16.9 Å². The van der Waals surface area contributed by atoms with Crippen molar-refractivity contribution in [1.29, 1.82) is 0 Å². The van der Waals surface area contributed by atoms with Crippen LogP contribution < -0.4 is 27.0 Å². The first-order valence-corrected chi connectivity index (χ1v) is 11.9. The summed E-state index contributed by atoms with van der Waals surface area (Å²) in [7, 11) is 0. The Morgan fingerprint density at radius 1 is 0.972 bits per heavy atom. The number of rotatable bonds is 6. The Morgan fingerprint density at radius 2 is 1.72 bits per heavy atom. The molecule has 0 atom stereocenters. The van der Waals surface area contributed by atoms with E-state index in [-0.39, 0.29) is 11.9 Å². The number of benzene rings is 2. The standard InChI is InChI=1S/C25H23N9O2/c35-22(28-17-5-6-19-20(11-17)31-34-30-19)25(7-8-25)23-33-32-21(36-23)16-12-26-24(27-13-16)29-18-9-14-3-1-2-4-15(14)10-18/h1-6,11-13,18,30-31,34H,7-10H2,(H,28,35)(H,26,27,29). The van der Waals surface area contributed by atoms with Gasteiger partial charge < -0.3 is 25.9 Å². The van der Waals surface area contributed by atoms with Crippen molar-refractivity contribution in [2.45, 2.75) is 37.1 Å². The molecule has 3 aliphatic rings. The van der Waals surface area contributed by atoms with E-state index in [1.54, 1.807) is 12.4 Å². The Hall–Kier alpha value is -4.51. The van der Waals surface area contributed by atoms with Gasteiger partial charge in [0.2, 0.25) is 17.7 Å². The van der Waals surface area contributed by atoms with E-state index < -0.39 is 5.41 Å². The first-order valence-electron chi connectivity index (χ1n) is 11.9. The van der Waals surface area contributed by atoms with Crippen LogP contribution >= 0.6 is 0 Å². The van der Waals surface area contributed by atoms with Gasteiger partial charge in [0.25, 0.3) is 5.89 Å². The lowest BCUT2D eigenvalue weighted by Gasteiger charge is -2.12. The van der Waals surface area contributed by atoms with Gasteiger partial charge in [-0.25, -0.2) is 9.97 Å². The third kappa shape index (κ3) is 3.60. The lowest BCUT2D eigenvalue weighted by molar-refractivity contribution is -0.119. The summed E-state index contributed by atoms with van der Waals surface area (Å²) in [5.41, 5.74) is 13.7. The molecule has 0 spiro atoms. The van der Waals surface area contributed by atoms with Gasteiger partial charge in [-0.2, -0.15) is 0 Å². The predicted octanol–water partition coefficient (Wildman–Crippen LogP) is 3.03. The van der Waals surface area contributed by atoms with Gasteiger partial charge in [-0.05, 0) is 55.0 Å². The van der Waals surface area contributed by atoms with E-state index in [0.717, 1.165) is 24.2 Å². The first-order chi connectivity index (χ1) is 17.7. The second kappa shape index (κ2) is 8.02. The maximum atomic E-state index is 13.1. The molecule has 2 aliphatic carbocycles. The smallest absolute Gasteiger partial charge is 0.250 e. The zero-order valence-corrected chi connectivity index (χ0v) is 19.2. The number of anilines is 4. The van der Waals surface area contributed by atoms with Crippen molar-refractivity contribution < 1.29 is 9.21 Å². The second-order valence-corrected chi connectivity index (χ2v) is 9.40. The van der Waals surface area contributed by atoms with E-state index in [4.69, 9.17) is 4.42 Å². The van der Waals surface area contributed by atoms with Crippen molar-refractivity contribution in [3.8, 4) is 11.5 Å². The summed E-state index contributed by atoms with van der Waals surface area (Å²) in [6.45, 7) is 0. The lowest BCUT2D eigenvalue weighted by Crippen LogP contribution is -2.28. The van der Waals surface area contributed by atoms with Gasteiger partial charge in [0.1, 0.15) is 5.41 Å². The molecular formula is C25H23N9O2. The van der Waals surface area contributed by atoms with Crippen LogP contribution in [0.1, 0.15) is 29.9 Å². The van der Waals surface area contributed by atoms with Gasteiger partial charge in [0, 0.05) is 24.1 Å². The predicted molar refractivity (Wildman–Crippen MR) is 133 cm³/mol. The van der Waals surface area contributed by atoms with Crippen LogP contribution in [0.2, 0.25) is 0 Å². The summed E-state index contributed by atoms with van der Waals surface area (Å²) < 4.78 is 5.93. The summed E-state index contributed by atoms with van der Waals surface area (Å²) in [5.74, 6) is 1.000. The van der Waals surface area contributed by atoms with E-state index in [0.29, 0.717) is 41.8 Å². The number of hydrazine groups is 2. The molecule has 1 saturated carbocycles. The molecule has 1 aliphatic heterocycles. The van der Waals surface area contributed by atoms with E-state index >= 15 is 0 Å². The molecule has 5 N–H and O–H groups in total. The molecule has 2 aromatic heterocycles. The van der Waals surface area contributed by atoms with Crippen LogP contribution in [0.5, 0.6) is 0 Å². The minimum absolute atomic E-state index is 0.162. The Bertz CT molecular complexity index is 1440. The van der Waals surface area contributed by atoms with Crippen molar-refractivity contribution >= 4 is 28.9 Å². The average molecular weight is 482 g/mol. The van der Waals surface area contributed by atoms with Crippen LogP contribution in [-0.4, -0.2) is 32.1 Å². The maximum absolute atomic E-state index is 13.1. The summed E-state index contributed by atoms with van der Waals surface area (Å²) >= 11 is 0. The number of nitrogens with zero attached hydrogens (tertiary/aromatic N) is 4. The number of hydrogen-bond donors (Lipinski definition) is 5. The van der Waals surface area contributed by atoms with Crippen molar-refractivity contribution in [3.05, 3.63) is 71.9 Å². The molecule has 180 valence electrons. The highest BCUT2D eigenvalue weighted by molar-refractivity contribution is 6.01. The van der Waals surface area contributed by atoms with Crippen LogP contribution in [0.4, 0.5) is 23.0 Å². The molecule has 36 heavy (non-hydrogen) atoms. The number of carbonyl (C=O) groups excluding carboxylic acids is 1. The number of amides is 1. The Kier molecular flexibility index (Phi) is 4.64. The van der Waals surface area contributed by atoms with Crippen LogP contribution in [0.25, 0.3) is 11.5 Å². The Balaban J connectivity index is 1.03. The third-order valence-electron chi connectivity index (χ3n) is 6.97. The molecule has 7 rings (SSSR count). The molecule has 1 fully saturated rings. The Morgan fingerprint density at radius 3 is 2.47 bits per heavy atom. The van der Waals surface area contributed by atoms with E-state index in [9.17, 15) is 4.79 Å². The number of hydrogen-bond acceptors (Lipinski definition) is 10. The number of aromatic nitrogens is 4. The SMILES string of the molecule is O=C(Nc1ccc2c(c1)NNN2)C1(c2nnc(-c3cnc(NC4Cc5ccccc5C4)nc3)o2)CC1. The number of carbonyl (C=O) groups is 1. The van der Waals surface area contributed by atoms with Gasteiger partial charge in [-0.15, -0.1) is 15.7 Å². The molecule has 0 radical (unpaired) electrons. The molecule has 0 saturated heterocycles. The zero-order valence-electron chi connectivity index (χ0n) is 19.2. The largest absolute Gasteiger partial charge is 0.419 e. The van der Waals surface area contributed by atoms with Gasteiger partial charge in [-0.1, -0.05) is 24.3 Å². The van der Waals surface area contributed by atoms with Crippen molar-refractivity contribution in [2.75, 3.05) is 21.5 Å². The van der Waals surface area contributed by atoms with E-state index in [1.807, 2.05) is 18.2 Å². The highest BCUT2D eigenvalue weighted by Gasteiger charge is 2.56. The molecule has 11 heteroatoms. The van der Waals surface area contributed by atoms with Crippen molar-refractivity contribution in [1.82, 2.24) is 25.7 Å². The Labute approximate surface area is 206 Å². The molecule has 0 unspecified atom stereocenters. The average Bonchev–Trinajstić information content (AvgIpc) is 3.24. The molecule has 4 aromatic rings. The lowest BCUT2D eigenvalue weighted by atomic mass is 10.1. The topological polar surface area (TPSA) is 142 Å². The van der Waals surface area contributed by atoms with Crippen LogP contribution in [0.15, 0.2) is 59.3 Å². The molecule has 2 aromatic carbocycles. The minimum Gasteiger partial charge on any atom is -0.419 e. The van der Waals surface area contributed by atoms with Crippen molar-refractivity contribution in [3.63, 3.8) is 0 Å². The van der Waals surface area contributed by atoms with Crippen LogP contribution in [-0.2, 0) is 23.1 Å².